The first-order valence-electron chi connectivity index (χ1n) is 9.47. The van der Waals surface area contributed by atoms with E-state index in [1.807, 2.05) is 16.8 Å². The summed E-state index contributed by atoms with van der Waals surface area (Å²) in [6.07, 6.45) is 5.20. The number of benzene rings is 1. The smallest absolute Gasteiger partial charge is 0.341 e. The van der Waals surface area contributed by atoms with Crippen molar-refractivity contribution in [1.82, 2.24) is 14.5 Å². The van der Waals surface area contributed by atoms with Crippen LogP contribution in [0.25, 0.3) is 22.0 Å². The standard InChI is InChI=1S/C21H20FN3O3.CH4.H2S/c1-11-8-24-9-12(4-14(24)7-23-11)15-6-19-16(5-18(15)22)20(26)17(21(27)28)10-25(19)13-2-3-13;;/h4-6,9-11,13,23H,2-3,7-8H2,1H3,(H,27,28);1H4;1H2/t11-;;/m0../s1. The Morgan fingerprint density at radius 3 is 2.63 bits per heavy atom. The molecule has 1 atom stereocenters. The van der Waals surface area contributed by atoms with Crippen LogP contribution in [-0.4, -0.2) is 26.3 Å². The summed E-state index contributed by atoms with van der Waals surface area (Å²) >= 11 is 0. The molecule has 5 rings (SSSR count). The first-order chi connectivity index (χ1) is 13.4. The zero-order valence-electron chi connectivity index (χ0n) is 15.9. The van der Waals surface area contributed by atoms with Crippen molar-refractivity contribution >= 4 is 30.4 Å². The van der Waals surface area contributed by atoms with E-state index in [-0.39, 0.29) is 37.9 Å². The molecule has 0 spiro atoms. The molecule has 2 N–H and O–H groups in total. The molecular weight excluding hydrogens is 405 g/mol. The fourth-order valence-corrected chi connectivity index (χ4v) is 4.06. The Hall–Kier alpha value is -2.58. The van der Waals surface area contributed by atoms with Crippen LogP contribution in [0, 0.1) is 5.82 Å². The van der Waals surface area contributed by atoms with E-state index in [2.05, 4.69) is 16.8 Å². The fraction of sp³-hybridized carbons (Fsp3) is 0.364. The van der Waals surface area contributed by atoms with Crippen molar-refractivity contribution in [1.29, 1.82) is 0 Å². The maximum absolute atomic E-state index is 15.0. The van der Waals surface area contributed by atoms with E-state index in [0.717, 1.165) is 37.2 Å². The molecule has 1 aliphatic heterocycles. The van der Waals surface area contributed by atoms with Crippen molar-refractivity contribution in [2.75, 3.05) is 0 Å². The Morgan fingerprint density at radius 2 is 1.97 bits per heavy atom. The number of fused-ring (bicyclic) bond motifs is 2. The minimum absolute atomic E-state index is 0. The largest absolute Gasteiger partial charge is 0.477 e. The number of aromatic carboxylic acids is 1. The predicted molar refractivity (Wildman–Crippen MR) is 120 cm³/mol. The SMILES string of the molecule is C.C[C@H]1Cn2cc(-c3cc4c(cc3F)c(=O)c(C(=O)O)cn4C3CC3)cc2CN1.S. The lowest BCUT2D eigenvalue weighted by atomic mass is 10.0. The van der Waals surface area contributed by atoms with Crippen molar-refractivity contribution in [3.8, 4) is 11.1 Å². The van der Waals surface area contributed by atoms with E-state index in [4.69, 9.17) is 0 Å². The quantitative estimate of drug-likeness (QED) is 0.660. The van der Waals surface area contributed by atoms with Gasteiger partial charge in [0, 0.05) is 59.8 Å². The molecule has 1 aromatic carbocycles. The molecule has 6 nitrogen and oxygen atoms in total. The number of carbonyl (C=O) groups is 1. The van der Waals surface area contributed by atoms with Crippen LogP contribution in [0.3, 0.4) is 0 Å². The molecule has 0 radical (unpaired) electrons. The summed E-state index contributed by atoms with van der Waals surface area (Å²) in [4.78, 5) is 24.0. The third-order valence-electron chi connectivity index (χ3n) is 5.69. The highest BCUT2D eigenvalue weighted by atomic mass is 32.1. The normalized spacial score (nSPS) is 17.7. The third-order valence-corrected chi connectivity index (χ3v) is 5.69. The summed E-state index contributed by atoms with van der Waals surface area (Å²) in [7, 11) is 0. The van der Waals surface area contributed by atoms with E-state index >= 15 is 0 Å². The molecule has 1 saturated carbocycles. The summed E-state index contributed by atoms with van der Waals surface area (Å²) < 4.78 is 18.9. The monoisotopic (exact) mass is 431 g/mol. The Morgan fingerprint density at radius 1 is 1.23 bits per heavy atom. The molecule has 3 aromatic rings. The highest BCUT2D eigenvalue weighted by Gasteiger charge is 2.28. The van der Waals surface area contributed by atoms with Gasteiger partial charge in [-0.15, -0.1) is 0 Å². The Labute approximate surface area is 180 Å². The molecule has 0 saturated heterocycles. The molecule has 30 heavy (non-hydrogen) atoms. The van der Waals surface area contributed by atoms with Gasteiger partial charge < -0.3 is 19.6 Å². The van der Waals surface area contributed by atoms with Crippen LogP contribution in [0.15, 0.2) is 35.4 Å². The van der Waals surface area contributed by atoms with Crippen molar-refractivity contribution in [3.63, 3.8) is 0 Å². The molecule has 0 amide bonds. The Balaban J connectivity index is 0.00000128. The molecule has 1 fully saturated rings. The van der Waals surface area contributed by atoms with Gasteiger partial charge in [-0.3, -0.25) is 4.79 Å². The summed E-state index contributed by atoms with van der Waals surface area (Å²) in [5, 5.41) is 12.9. The van der Waals surface area contributed by atoms with Gasteiger partial charge in [0.05, 0.1) is 5.52 Å². The molecule has 8 heteroatoms. The third kappa shape index (κ3) is 3.54. The summed E-state index contributed by atoms with van der Waals surface area (Å²) in [5.41, 5.74) is 1.92. The maximum atomic E-state index is 15.0. The first-order valence-corrected chi connectivity index (χ1v) is 9.47. The van der Waals surface area contributed by atoms with Crippen LogP contribution in [0.1, 0.15) is 49.3 Å². The summed E-state index contributed by atoms with van der Waals surface area (Å²) in [6, 6.07) is 5.36. The highest BCUT2D eigenvalue weighted by molar-refractivity contribution is 7.59. The minimum atomic E-state index is -1.28. The number of pyridine rings is 1. The molecule has 1 aliphatic carbocycles. The second kappa shape index (κ2) is 7.92. The summed E-state index contributed by atoms with van der Waals surface area (Å²) in [6.45, 7) is 3.65. The zero-order valence-corrected chi connectivity index (χ0v) is 16.9. The number of aromatic nitrogens is 2. The maximum Gasteiger partial charge on any atom is 0.341 e. The zero-order chi connectivity index (χ0) is 19.6. The Bertz CT molecular complexity index is 1200. The van der Waals surface area contributed by atoms with Crippen molar-refractivity contribution < 1.29 is 14.3 Å². The van der Waals surface area contributed by atoms with Crippen LogP contribution in [-0.2, 0) is 13.1 Å². The molecule has 3 heterocycles. The van der Waals surface area contributed by atoms with Crippen molar-refractivity contribution in [2.45, 2.75) is 52.4 Å². The number of carboxylic acids is 1. The lowest BCUT2D eigenvalue weighted by Crippen LogP contribution is -2.35. The van der Waals surface area contributed by atoms with Crippen LogP contribution in [0.4, 0.5) is 4.39 Å². The van der Waals surface area contributed by atoms with Crippen LogP contribution >= 0.6 is 13.5 Å². The number of nitrogens with one attached hydrogen (secondary N) is 1. The van der Waals surface area contributed by atoms with Gasteiger partial charge >= 0.3 is 5.97 Å². The number of hydrogen-bond acceptors (Lipinski definition) is 3. The number of halogens is 1. The number of hydrogen-bond donors (Lipinski definition) is 2. The second-order valence-electron chi connectivity index (χ2n) is 7.82. The predicted octanol–water partition coefficient (Wildman–Crippen LogP) is 3.88. The minimum Gasteiger partial charge on any atom is -0.477 e. The van der Waals surface area contributed by atoms with Crippen molar-refractivity contribution in [3.05, 3.63) is 57.9 Å². The van der Waals surface area contributed by atoms with Gasteiger partial charge in [-0.05, 0) is 38.0 Å². The van der Waals surface area contributed by atoms with Crippen molar-refractivity contribution in [2.24, 2.45) is 0 Å². The average Bonchev–Trinajstić information content (AvgIpc) is 3.41. The van der Waals surface area contributed by atoms with E-state index in [9.17, 15) is 19.1 Å². The first kappa shape index (κ1) is 22.1. The van der Waals surface area contributed by atoms with Gasteiger partial charge in [0.1, 0.15) is 11.4 Å². The highest BCUT2D eigenvalue weighted by Crippen LogP contribution is 2.38. The number of rotatable bonds is 3. The van der Waals surface area contributed by atoms with Crippen LogP contribution in [0.2, 0.25) is 0 Å². The molecule has 0 unspecified atom stereocenters. The van der Waals surface area contributed by atoms with Gasteiger partial charge in [-0.25, -0.2) is 9.18 Å². The Kier molecular flexibility index (Phi) is 5.84. The van der Waals surface area contributed by atoms with Gasteiger partial charge in [-0.1, -0.05) is 7.43 Å². The van der Waals surface area contributed by atoms with E-state index in [1.165, 1.54) is 12.3 Å². The topological polar surface area (TPSA) is 76.3 Å². The summed E-state index contributed by atoms with van der Waals surface area (Å²) in [5.74, 6) is -1.80. The lowest BCUT2D eigenvalue weighted by molar-refractivity contribution is 0.0695. The van der Waals surface area contributed by atoms with Gasteiger partial charge in [0.2, 0.25) is 5.43 Å². The van der Waals surface area contributed by atoms with E-state index < -0.39 is 17.2 Å². The van der Waals surface area contributed by atoms with Gasteiger partial charge in [0.25, 0.3) is 0 Å². The van der Waals surface area contributed by atoms with Crippen LogP contribution < -0.4 is 10.7 Å². The van der Waals surface area contributed by atoms with Gasteiger partial charge in [-0.2, -0.15) is 13.5 Å². The van der Waals surface area contributed by atoms with Gasteiger partial charge in [0.15, 0.2) is 0 Å². The van der Waals surface area contributed by atoms with E-state index in [1.54, 1.807) is 6.07 Å². The van der Waals surface area contributed by atoms with Crippen LogP contribution in [0.5, 0.6) is 0 Å². The lowest BCUT2D eigenvalue weighted by Gasteiger charge is -2.22. The number of carboxylic acid groups (broad SMARTS) is 1. The fourth-order valence-electron chi connectivity index (χ4n) is 4.06. The second-order valence-corrected chi connectivity index (χ2v) is 7.82. The number of nitrogens with zero attached hydrogens (tertiary/aromatic N) is 2. The molecule has 2 aromatic heterocycles. The molecule has 160 valence electrons. The molecular formula is C22H26FN3O3S. The molecule has 0 bridgehead atoms. The van der Waals surface area contributed by atoms with E-state index in [0.29, 0.717) is 17.1 Å². The average molecular weight is 432 g/mol. The molecule has 2 aliphatic rings.